The molecule has 0 N–H and O–H groups in total. The van der Waals surface area contributed by atoms with Crippen LogP contribution in [0.3, 0.4) is 0 Å². The predicted octanol–water partition coefficient (Wildman–Crippen LogP) is 4.16. The molecule has 4 heteroatoms. The van der Waals surface area contributed by atoms with Crippen LogP contribution in [0.1, 0.15) is 16.7 Å². The maximum Gasteiger partial charge on any atom is 0.116 e. The van der Waals surface area contributed by atoms with Crippen molar-refractivity contribution in [2.75, 3.05) is 0 Å². The van der Waals surface area contributed by atoms with Crippen molar-refractivity contribution in [3.05, 3.63) is 53.2 Å². The molecule has 2 rings (SSSR count). The average Bonchev–Trinajstić information content (AvgIpc) is 2.46. The summed E-state index contributed by atoms with van der Waals surface area (Å²) >= 11 is 0. The zero-order valence-electron chi connectivity index (χ0n) is 9.67. The molecule has 1 heterocycles. The minimum atomic E-state index is -0.876. The average molecular weight is 251 g/mol. The fourth-order valence-corrected chi connectivity index (χ4v) is 1.95. The van der Waals surface area contributed by atoms with Gasteiger partial charge in [0, 0.05) is 11.8 Å². The molecule has 94 valence electrons. The Morgan fingerprint density at radius 2 is 1.61 bits per heavy atom. The summed E-state index contributed by atoms with van der Waals surface area (Å²) in [7, 11) is 0. The van der Waals surface area contributed by atoms with Crippen molar-refractivity contribution in [3.63, 3.8) is 0 Å². The Labute approximate surface area is 103 Å². The van der Waals surface area contributed by atoms with E-state index >= 15 is 0 Å². The maximum absolute atomic E-state index is 13.1. The van der Waals surface area contributed by atoms with Gasteiger partial charge in [-0.15, -0.1) is 0 Å². The van der Waals surface area contributed by atoms with E-state index in [0.29, 0.717) is 11.3 Å². The molecule has 0 bridgehead atoms. The van der Waals surface area contributed by atoms with Crippen LogP contribution in [0.2, 0.25) is 0 Å². The Morgan fingerprint density at radius 3 is 2.17 bits per heavy atom. The minimum Gasteiger partial charge on any atom is -0.256 e. The van der Waals surface area contributed by atoms with Gasteiger partial charge in [-0.25, -0.2) is 13.2 Å². The molecular formula is C14H12F3N. The molecule has 0 aliphatic carbocycles. The highest BCUT2D eigenvalue weighted by Crippen LogP contribution is 2.29. The Kier molecular flexibility index (Phi) is 3.97. The number of hydrogen-bond donors (Lipinski definition) is 0. The van der Waals surface area contributed by atoms with E-state index in [0.717, 1.165) is 0 Å². The first-order chi connectivity index (χ1) is 8.81. The lowest BCUT2D eigenvalue weighted by Crippen LogP contribution is -2.00. The molecule has 0 aliphatic heterocycles. The molecule has 0 spiro atoms. The molecule has 0 fully saturated rings. The Hall–Kier alpha value is -1.84. The summed E-state index contributed by atoms with van der Waals surface area (Å²) in [5.41, 5.74) is 1.56. The number of nitrogens with zero attached hydrogens (tertiary/aromatic N) is 1. The molecule has 0 atom stereocenters. The van der Waals surface area contributed by atoms with E-state index in [1.165, 1.54) is 6.07 Å². The number of alkyl halides is 3. The van der Waals surface area contributed by atoms with Crippen molar-refractivity contribution in [2.24, 2.45) is 0 Å². The smallest absolute Gasteiger partial charge is 0.116 e. The summed E-state index contributed by atoms with van der Waals surface area (Å²) in [4.78, 5) is 4.11. The van der Waals surface area contributed by atoms with E-state index in [1.54, 1.807) is 30.5 Å². The molecule has 0 saturated heterocycles. The van der Waals surface area contributed by atoms with Crippen molar-refractivity contribution in [1.82, 2.24) is 4.98 Å². The lowest BCUT2D eigenvalue weighted by molar-refractivity contribution is 0.437. The van der Waals surface area contributed by atoms with E-state index in [-0.39, 0.29) is 16.7 Å². The van der Waals surface area contributed by atoms with Crippen molar-refractivity contribution >= 4 is 0 Å². The van der Waals surface area contributed by atoms with Crippen LogP contribution in [0.5, 0.6) is 0 Å². The highest BCUT2D eigenvalue weighted by Gasteiger charge is 2.14. The number of aromatic nitrogens is 1. The molecular weight excluding hydrogens is 239 g/mol. The van der Waals surface area contributed by atoms with Gasteiger partial charge in [0.2, 0.25) is 0 Å². The van der Waals surface area contributed by atoms with E-state index in [1.807, 2.05) is 0 Å². The van der Waals surface area contributed by atoms with Crippen LogP contribution >= 0.6 is 0 Å². The second-order valence-corrected chi connectivity index (χ2v) is 3.85. The number of benzene rings is 1. The lowest BCUT2D eigenvalue weighted by Gasteiger charge is -2.13. The van der Waals surface area contributed by atoms with Gasteiger partial charge in [0.25, 0.3) is 0 Å². The van der Waals surface area contributed by atoms with Crippen LogP contribution < -0.4 is 0 Å². The minimum absolute atomic E-state index is 0.100. The lowest BCUT2D eigenvalue weighted by atomic mass is 9.95. The van der Waals surface area contributed by atoms with Gasteiger partial charge >= 0.3 is 0 Å². The normalized spacial score (nSPS) is 10.6. The van der Waals surface area contributed by atoms with E-state index < -0.39 is 20.0 Å². The highest BCUT2D eigenvalue weighted by molar-refractivity contribution is 5.66. The zero-order chi connectivity index (χ0) is 13.0. The van der Waals surface area contributed by atoms with Crippen LogP contribution in [0.15, 0.2) is 36.5 Å². The quantitative estimate of drug-likeness (QED) is 0.795. The fraction of sp³-hybridized carbons (Fsp3) is 0.214. The van der Waals surface area contributed by atoms with Crippen molar-refractivity contribution < 1.29 is 13.2 Å². The molecule has 0 aliphatic rings. The first kappa shape index (κ1) is 12.6. The van der Waals surface area contributed by atoms with Gasteiger partial charge in [-0.05, 0) is 28.8 Å². The summed E-state index contributed by atoms with van der Waals surface area (Å²) in [6, 6.07) is 8.29. The van der Waals surface area contributed by atoms with Crippen LogP contribution in [0.4, 0.5) is 13.2 Å². The van der Waals surface area contributed by atoms with Crippen LogP contribution in [-0.4, -0.2) is 4.98 Å². The third-order valence-corrected chi connectivity index (χ3v) is 2.88. The molecule has 1 aromatic carbocycles. The SMILES string of the molecule is FCc1ccc(-c2ccccn2)c(CF)c1CF. The van der Waals surface area contributed by atoms with Gasteiger partial charge in [0.1, 0.15) is 20.0 Å². The summed E-state index contributed by atoms with van der Waals surface area (Å²) < 4.78 is 38.8. The second-order valence-electron chi connectivity index (χ2n) is 3.85. The summed E-state index contributed by atoms with van der Waals surface area (Å²) in [6.45, 7) is -2.51. The number of halogens is 3. The summed E-state index contributed by atoms with van der Waals surface area (Å²) in [5, 5.41) is 0. The molecule has 0 saturated carbocycles. The van der Waals surface area contributed by atoms with Gasteiger partial charge in [-0.2, -0.15) is 0 Å². The first-order valence-electron chi connectivity index (χ1n) is 5.54. The van der Waals surface area contributed by atoms with Gasteiger partial charge in [-0.1, -0.05) is 18.2 Å². The zero-order valence-corrected chi connectivity index (χ0v) is 9.67. The Balaban J connectivity index is 2.62. The summed E-state index contributed by atoms with van der Waals surface area (Å²) in [5.74, 6) is 0. The molecule has 1 nitrogen and oxygen atoms in total. The van der Waals surface area contributed by atoms with Crippen LogP contribution in [0.25, 0.3) is 11.3 Å². The molecule has 0 unspecified atom stereocenters. The Morgan fingerprint density at radius 1 is 0.833 bits per heavy atom. The predicted molar refractivity (Wildman–Crippen MR) is 64.1 cm³/mol. The molecule has 0 radical (unpaired) electrons. The van der Waals surface area contributed by atoms with E-state index in [4.69, 9.17) is 0 Å². The van der Waals surface area contributed by atoms with Gasteiger partial charge < -0.3 is 0 Å². The monoisotopic (exact) mass is 251 g/mol. The van der Waals surface area contributed by atoms with Crippen molar-refractivity contribution in [1.29, 1.82) is 0 Å². The van der Waals surface area contributed by atoms with Crippen LogP contribution in [0, 0.1) is 0 Å². The van der Waals surface area contributed by atoms with E-state index in [2.05, 4.69) is 4.98 Å². The van der Waals surface area contributed by atoms with Gasteiger partial charge in [-0.3, -0.25) is 4.98 Å². The van der Waals surface area contributed by atoms with Crippen LogP contribution in [-0.2, 0) is 20.0 Å². The first-order valence-corrected chi connectivity index (χ1v) is 5.54. The number of hydrogen-bond acceptors (Lipinski definition) is 1. The molecule has 18 heavy (non-hydrogen) atoms. The maximum atomic E-state index is 13.1. The largest absolute Gasteiger partial charge is 0.256 e. The van der Waals surface area contributed by atoms with Gasteiger partial charge in [0.05, 0.1) is 5.69 Å². The van der Waals surface area contributed by atoms with Crippen molar-refractivity contribution in [3.8, 4) is 11.3 Å². The highest BCUT2D eigenvalue weighted by atomic mass is 19.1. The molecule has 1 aromatic heterocycles. The number of pyridine rings is 1. The van der Waals surface area contributed by atoms with E-state index in [9.17, 15) is 13.2 Å². The van der Waals surface area contributed by atoms with Crippen molar-refractivity contribution in [2.45, 2.75) is 20.0 Å². The molecule has 0 amide bonds. The second kappa shape index (κ2) is 5.67. The third-order valence-electron chi connectivity index (χ3n) is 2.88. The molecule has 2 aromatic rings. The third kappa shape index (κ3) is 2.23. The Bertz CT molecular complexity index is 526. The summed E-state index contributed by atoms with van der Waals surface area (Å²) in [6.07, 6.45) is 1.58. The topological polar surface area (TPSA) is 12.9 Å². The van der Waals surface area contributed by atoms with Gasteiger partial charge in [0.15, 0.2) is 0 Å². The standard InChI is InChI=1S/C14H12F3N/c15-7-10-4-5-11(13(9-17)12(10)8-16)14-3-1-2-6-18-14/h1-6H,7-9H2. The fourth-order valence-electron chi connectivity index (χ4n) is 1.95. The number of rotatable bonds is 4.